The van der Waals surface area contributed by atoms with Gasteiger partial charge in [-0.05, 0) is 55.3 Å². The van der Waals surface area contributed by atoms with Crippen molar-refractivity contribution in [3.05, 3.63) is 103 Å². The molecule has 3 aromatic carbocycles. The summed E-state index contributed by atoms with van der Waals surface area (Å²) >= 11 is 7.12. The van der Waals surface area contributed by atoms with E-state index < -0.39 is 0 Å². The van der Waals surface area contributed by atoms with E-state index in [0.29, 0.717) is 24.1 Å². The van der Waals surface area contributed by atoms with E-state index in [1.807, 2.05) is 72.8 Å². The summed E-state index contributed by atoms with van der Waals surface area (Å²) in [6, 6.07) is 23.5. The Morgan fingerprint density at radius 3 is 2.36 bits per heavy atom. The number of aromatic nitrogens is 1. The number of benzene rings is 3. The van der Waals surface area contributed by atoms with E-state index in [0.717, 1.165) is 56.2 Å². The molecule has 0 spiro atoms. The Kier molecular flexibility index (Phi) is 8.45. The fourth-order valence-corrected chi connectivity index (χ4v) is 5.91. The van der Waals surface area contributed by atoms with Crippen LogP contribution in [-0.4, -0.2) is 41.2 Å². The molecular formula is C31H31Br2N4O2+. The second kappa shape index (κ2) is 12.0. The third kappa shape index (κ3) is 5.78. The van der Waals surface area contributed by atoms with Crippen LogP contribution in [0.15, 0.2) is 91.6 Å². The van der Waals surface area contributed by atoms with Gasteiger partial charge in [0.15, 0.2) is 0 Å². The number of quaternary nitrogens is 1. The Hall–Kier alpha value is -3.07. The van der Waals surface area contributed by atoms with Crippen molar-refractivity contribution in [2.45, 2.75) is 32.7 Å². The molecule has 4 aromatic rings. The van der Waals surface area contributed by atoms with Gasteiger partial charge in [-0.3, -0.25) is 9.59 Å². The first kappa shape index (κ1) is 27.5. The van der Waals surface area contributed by atoms with Crippen molar-refractivity contribution in [3.63, 3.8) is 0 Å². The highest BCUT2D eigenvalue weighted by atomic mass is 79.9. The van der Waals surface area contributed by atoms with Crippen molar-refractivity contribution >= 4 is 54.4 Å². The van der Waals surface area contributed by atoms with E-state index in [-0.39, 0.29) is 17.5 Å². The Balaban J connectivity index is 1.65. The van der Waals surface area contributed by atoms with E-state index in [4.69, 9.17) is 5.10 Å². The minimum atomic E-state index is -0.284. The topological polar surface area (TPSA) is 70.0 Å². The maximum Gasteiger partial charge on any atom is 0.258 e. The first-order valence-electron chi connectivity index (χ1n) is 13.3. The number of hydrogen-bond acceptors (Lipinski definition) is 3. The highest BCUT2D eigenvalue weighted by Gasteiger charge is 2.35. The third-order valence-corrected chi connectivity index (χ3v) is 8.46. The van der Waals surface area contributed by atoms with E-state index >= 15 is 0 Å². The molecule has 0 radical (unpaired) electrons. The molecule has 1 aliphatic heterocycles. The predicted octanol–water partition coefficient (Wildman–Crippen LogP) is 5.71. The summed E-state index contributed by atoms with van der Waals surface area (Å²) in [5, 5.41) is 7.42. The minimum absolute atomic E-state index is 0.0291. The molecule has 1 aromatic heterocycles. The summed E-state index contributed by atoms with van der Waals surface area (Å²) in [6.07, 6.45) is 0.849. The van der Waals surface area contributed by atoms with Gasteiger partial charge in [0.1, 0.15) is 0 Å². The van der Waals surface area contributed by atoms with Crippen LogP contribution < -0.4 is 10.5 Å². The van der Waals surface area contributed by atoms with Crippen molar-refractivity contribution in [2.75, 3.05) is 19.6 Å². The van der Waals surface area contributed by atoms with Gasteiger partial charge in [0.05, 0.1) is 43.4 Å². The first-order chi connectivity index (χ1) is 18.9. The van der Waals surface area contributed by atoms with Gasteiger partial charge in [-0.15, -0.1) is 0 Å². The molecule has 1 aliphatic rings. The maximum absolute atomic E-state index is 13.7. The molecular weight excluding hydrogens is 620 g/mol. The SMILES string of the molecule is CC[NH+](CC)CCC(=O)N1N=C(c2c(-c3ccccc3)c3cc(Br)ccc3[nH]c2=O)C[C@@H]1c1ccc(Br)cc1. The highest BCUT2D eigenvalue weighted by Crippen LogP contribution is 2.37. The number of rotatable bonds is 8. The number of halogens is 2. The summed E-state index contributed by atoms with van der Waals surface area (Å²) < 4.78 is 1.89. The van der Waals surface area contributed by atoms with Gasteiger partial charge >= 0.3 is 0 Å². The molecule has 200 valence electrons. The van der Waals surface area contributed by atoms with Crippen molar-refractivity contribution < 1.29 is 9.69 Å². The Morgan fingerprint density at radius 2 is 1.67 bits per heavy atom. The van der Waals surface area contributed by atoms with Crippen LogP contribution in [-0.2, 0) is 4.79 Å². The molecule has 0 aliphatic carbocycles. The number of H-pyrrole nitrogens is 1. The van der Waals surface area contributed by atoms with E-state index in [2.05, 4.69) is 50.7 Å². The zero-order valence-electron chi connectivity index (χ0n) is 22.0. The van der Waals surface area contributed by atoms with Crippen LogP contribution in [0.2, 0.25) is 0 Å². The average Bonchev–Trinajstić information content (AvgIpc) is 3.39. The zero-order valence-corrected chi connectivity index (χ0v) is 25.2. The fourth-order valence-electron chi connectivity index (χ4n) is 5.28. The van der Waals surface area contributed by atoms with E-state index in [9.17, 15) is 9.59 Å². The number of carbonyl (C=O) groups excluding carboxylic acids is 1. The number of carbonyl (C=O) groups is 1. The number of hydrogen-bond donors (Lipinski definition) is 2. The van der Waals surface area contributed by atoms with Gasteiger partial charge in [-0.2, -0.15) is 5.10 Å². The molecule has 0 unspecified atom stereocenters. The molecule has 1 atom stereocenters. The van der Waals surface area contributed by atoms with E-state index in [1.165, 1.54) is 4.90 Å². The Bertz CT molecular complexity index is 1580. The van der Waals surface area contributed by atoms with Crippen molar-refractivity contribution in [1.29, 1.82) is 0 Å². The first-order valence-corrected chi connectivity index (χ1v) is 14.9. The number of nitrogens with zero attached hydrogens (tertiary/aromatic N) is 2. The molecule has 0 saturated heterocycles. The number of pyridine rings is 1. The van der Waals surface area contributed by atoms with Crippen LogP contribution in [0.4, 0.5) is 0 Å². The third-order valence-electron chi connectivity index (χ3n) is 7.44. The summed E-state index contributed by atoms with van der Waals surface area (Å²) in [6.45, 7) is 6.96. The molecule has 2 heterocycles. The lowest BCUT2D eigenvalue weighted by molar-refractivity contribution is -0.895. The summed E-state index contributed by atoms with van der Waals surface area (Å²) in [7, 11) is 0. The average molecular weight is 651 g/mol. The van der Waals surface area contributed by atoms with Gasteiger partial charge in [-0.1, -0.05) is 74.3 Å². The fraction of sp³-hybridized carbons (Fsp3) is 0.258. The second-order valence-electron chi connectivity index (χ2n) is 9.77. The Labute approximate surface area is 245 Å². The van der Waals surface area contributed by atoms with Crippen LogP contribution >= 0.6 is 31.9 Å². The molecule has 5 rings (SSSR count). The number of hydrazone groups is 1. The molecule has 2 N–H and O–H groups in total. The van der Waals surface area contributed by atoms with Gasteiger partial charge in [-0.25, -0.2) is 5.01 Å². The van der Waals surface area contributed by atoms with Crippen LogP contribution in [0.3, 0.4) is 0 Å². The molecule has 0 fully saturated rings. The van der Waals surface area contributed by atoms with Gasteiger partial charge in [0, 0.05) is 31.8 Å². The molecule has 0 bridgehead atoms. The monoisotopic (exact) mass is 649 g/mol. The smallest absolute Gasteiger partial charge is 0.258 e. The van der Waals surface area contributed by atoms with Gasteiger partial charge in [0.2, 0.25) is 5.91 Å². The number of fused-ring (bicyclic) bond motifs is 1. The molecule has 1 amide bonds. The molecule has 0 saturated carbocycles. The summed E-state index contributed by atoms with van der Waals surface area (Å²) in [5.74, 6) is -0.0291. The van der Waals surface area contributed by atoms with E-state index in [1.54, 1.807) is 5.01 Å². The Morgan fingerprint density at radius 1 is 0.974 bits per heavy atom. The lowest BCUT2D eigenvalue weighted by Gasteiger charge is -2.23. The lowest BCUT2D eigenvalue weighted by Crippen LogP contribution is -3.11. The summed E-state index contributed by atoms with van der Waals surface area (Å²) in [4.78, 5) is 31.7. The predicted molar refractivity (Wildman–Crippen MR) is 164 cm³/mol. The quantitative estimate of drug-likeness (QED) is 0.256. The van der Waals surface area contributed by atoms with Crippen LogP contribution in [0.5, 0.6) is 0 Å². The number of aromatic amines is 1. The summed E-state index contributed by atoms with van der Waals surface area (Å²) in [5.41, 5.74) is 4.42. The normalized spacial score (nSPS) is 15.3. The minimum Gasteiger partial charge on any atom is -0.335 e. The molecule has 39 heavy (non-hydrogen) atoms. The van der Waals surface area contributed by atoms with Crippen LogP contribution in [0, 0.1) is 0 Å². The molecule has 8 heteroatoms. The zero-order chi connectivity index (χ0) is 27.5. The van der Waals surface area contributed by atoms with Gasteiger partial charge < -0.3 is 9.88 Å². The van der Waals surface area contributed by atoms with Crippen molar-refractivity contribution in [3.8, 4) is 11.1 Å². The number of nitrogens with one attached hydrogen (secondary N) is 2. The second-order valence-corrected chi connectivity index (χ2v) is 11.6. The standard InChI is InChI=1S/C31H30Br2N4O2/c1-3-36(4-2)17-16-28(38)37-27(20-10-12-22(32)13-11-20)19-26(35-37)30-29(21-8-6-5-7-9-21)24-18-23(33)14-15-25(24)34-31(30)39/h5-15,18,27H,3-4,16-17,19H2,1-2H3,(H,34,39)/p+1/t27-/m1/s1. The molecule has 6 nitrogen and oxygen atoms in total. The lowest BCUT2D eigenvalue weighted by atomic mass is 9.91. The largest absolute Gasteiger partial charge is 0.335 e. The van der Waals surface area contributed by atoms with Crippen molar-refractivity contribution in [2.24, 2.45) is 5.10 Å². The number of amides is 1. The highest BCUT2D eigenvalue weighted by molar-refractivity contribution is 9.10. The maximum atomic E-state index is 13.7. The van der Waals surface area contributed by atoms with Crippen LogP contribution in [0.1, 0.15) is 43.9 Å². The van der Waals surface area contributed by atoms with Crippen LogP contribution in [0.25, 0.3) is 22.0 Å². The van der Waals surface area contributed by atoms with Gasteiger partial charge in [0.25, 0.3) is 5.56 Å². The van der Waals surface area contributed by atoms with Crippen molar-refractivity contribution in [1.82, 2.24) is 9.99 Å².